The zero-order valence-electron chi connectivity index (χ0n) is 14.0. The van der Waals surface area contributed by atoms with Crippen LogP contribution in [0.25, 0.3) is 0 Å². The second kappa shape index (κ2) is 8.97. The van der Waals surface area contributed by atoms with Crippen LogP contribution in [0, 0.1) is 0 Å². The molecule has 0 radical (unpaired) electrons. The molecule has 0 aliphatic rings. The maximum absolute atomic E-state index is 11.9. The van der Waals surface area contributed by atoms with E-state index in [1.807, 2.05) is 32.1 Å². The summed E-state index contributed by atoms with van der Waals surface area (Å²) in [5.41, 5.74) is 1.64. The summed E-state index contributed by atoms with van der Waals surface area (Å²) in [7, 11) is 4.80. The molecule has 0 fully saturated rings. The number of nitrogens with one attached hydrogen (secondary N) is 1. The number of ether oxygens (including phenoxy) is 3. The smallest absolute Gasteiger partial charge is 0.246 e. The van der Waals surface area contributed by atoms with Gasteiger partial charge in [-0.2, -0.15) is 0 Å². The van der Waals surface area contributed by atoms with Crippen molar-refractivity contribution in [3.8, 4) is 17.2 Å². The summed E-state index contributed by atoms with van der Waals surface area (Å²) in [6, 6.07) is 3.61. The van der Waals surface area contributed by atoms with E-state index in [0.717, 1.165) is 17.6 Å². The molecule has 1 aromatic carbocycles. The zero-order chi connectivity index (χ0) is 16.5. The van der Waals surface area contributed by atoms with Gasteiger partial charge in [-0.05, 0) is 19.8 Å². The van der Waals surface area contributed by atoms with Gasteiger partial charge in [-0.25, -0.2) is 0 Å². The molecule has 0 aromatic heterocycles. The summed E-state index contributed by atoms with van der Waals surface area (Å²) < 4.78 is 16.0. The van der Waals surface area contributed by atoms with Gasteiger partial charge in [0.1, 0.15) is 17.2 Å². The second-order valence-electron chi connectivity index (χ2n) is 4.81. The molecule has 122 valence electrons. The number of hydrogen-bond acceptors (Lipinski definition) is 4. The Hall–Kier alpha value is -2.17. The van der Waals surface area contributed by atoms with E-state index in [1.54, 1.807) is 21.3 Å². The second-order valence-corrected chi connectivity index (χ2v) is 4.81. The lowest BCUT2D eigenvalue weighted by atomic mass is 10.1. The minimum Gasteiger partial charge on any atom is -0.496 e. The SMILES string of the molecule is CC/C=C(/C)C(=O)NCCc1c(OC)cc(OC)cc1OC. The van der Waals surface area contributed by atoms with Crippen molar-refractivity contribution in [1.29, 1.82) is 0 Å². The van der Waals surface area contributed by atoms with E-state index in [2.05, 4.69) is 5.32 Å². The molecular formula is C17H25NO4. The Labute approximate surface area is 132 Å². The third kappa shape index (κ3) is 4.69. The Morgan fingerprint density at radius 1 is 1.14 bits per heavy atom. The normalized spacial score (nSPS) is 11.0. The maximum Gasteiger partial charge on any atom is 0.246 e. The Balaban J connectivity index is 2.80. The molecule has 0 heterocycles. The molecule has 0 aliphatic carbocycles. The molecule has 0 saturated heterocycles. The molecule has 1 aromatic rings. The Kier molecular flexibility index (Phi) is 7.29. The molecular weight excluding hydrogens is 282 g/mol. The molecule has 0 atom stereocenters. The largest absolute Gasteiger partial charge is 0.496 e. The Morgan fingerprint density at radius 2 is 1.73 bits per heavy atom. The first-order chi connectivity index (χ1) is 10.6. The molecule has 0 aliphatic heterocycles. The van der Waals surface area contributed by atoms with E-state index in [-0.39, 0.29) is 5.91 Å². The van der Waals surface area contributed by atoms with Crippen LogP contribution < -0.4 is 19.5 Å². The molecule has 0 unspecified atom stereocenters. The number of benzene rings is 1. The van der Waals surface area contributed by atoms with Crippen LogP contribution in [0.2, 0.25) is 0 Å². The van der Waals surface area contributed by atoms with Gasteiger partial charge in [0.2, 0.25) is 5.91 Å². The first-order valence-corrected chi connectivity index (χ1v) is 7.31. The molecule has 5 nitrogen and oxygen atoms in total. The third-order valence-electron chi connectivity index (χ3n) is 3.35. The first kappa shape index (κ1) is 17.9. The van der Waals surface area contributed by atoms with Crippen molar-refractivity contribution in [2.75, 3.05) is 27.9 Å². The number of hydrogen-bond donors (Lipinski definition) is 1. The highest BCUT2D eigenvalue weighted by Crippen LogP contribution is 2.34. The highest BCUT2D eigenvalue weighted by Gasteiger charge is 2.13. The van der Waals surface area contributed by atoms with Crippen molar-refractivity contribution in [3.05, 3.63) is 29.3 Å². The van der Waals surface area contributed by atoms with Crippen LogP contribution in [0.15, 0.2) is 23.8 Å². The van der Waals surface area contributed by atoms with Crippen LogP contribution >= 0.6 is 0 Å². The fraction of sp³-hybridized carbons (Fsp3) is 0.471. The highest BCUT2D eigenvalue weighted by atomic mass is 16.5. The molecule has 1 N–H and O–H groups in total. The maximum atomic E-state index is 11.9. The van der Waals surface area contributed by atoms with Gasteiger partial charge in [0.15, 0.2) is 0 Å². The van der Waals surface area contributed by atoms with Crippen molar-refractivity contribution >= 4 is 5.91 Å². The van der Waals surface area contributed by atoms with Crippen molar-refractivity contribution < 1.29 is 19.0 Å². The summed E-state index contributed by atoms with van der Waals surface area (Å²) in [6.07, 6.45) is 3.37. The third-order valence-corrected chi connectivity index (χ3v) is 3.35. The number of amides is 1. The summed E-state index contributed by atoms with van der Waals surface area (Å²) in [6.45, 7) is 4.32. The minimum atomic E-state index is -0.0479. The van der Waals surface area contributed by atoms with E-state index in [0.29, 0.717) is 30.2 Å². The van der Waals surface area contributed by atoms with E-state index >= 15 is 0 Å². The zero-order valence-corrected chi connectivity index (χ0v) is 14.0. The molecule has 5 heteroatoms. The lowest BCUT2D eigenvalue weighted by Gasteiger charge is -2.15. The van der Waals surface area contributed by atoms with Crippen molar-refractivity contribution in [1.82, 2.24) is 5.32 Å². The number of carbonyl (C=O) groups excluding carboxylic acids is 1. The van der Waals surface area contributed by atoms with Crippen LogP contribution in [0.4, 0.5) is 0 Å². The van der Waals surface area contributed by atoms with Crippen LogP contribution in [-0.4, -0.2) is 33.8 Å². The predicted octanol–water partition coefficient (Wildman–Crippen LogP) is 2.73. The standard InChI is InChI=1S/C17H25NO4/c1-6-7-12(2)17(19)18-9-8-14-15(21-4)10-13(20-3)11-16(14)22-5/h7,10-11H,6,8-9H2,1-5H3,(H,18,19)/b12-7-. The highest BCUT2D eigenvalue weighted by molar-refractivity contribution is 5.92. The fourth-order valence-corrected chi connectivity index (χ4v) is 2.16. The average Bonchev–Trinajstić information content (AvgIpc) is 2.54. The van der Waals surface area contributed by atoms with Crippen LogP contribution in [0.5, 0.6) is 17.2 Å². The predicted molar refractivity (Wildman–Crippen MR) is 86.9 cm³/mol. The van der Waals surface area contributed by atoms with Gasteiger partial charge in [0.25, 0.3) is 0 Å². The van der Waals surface area contributed by atoms with Gasteiger partial charge >= 0.3 is 0 Å². The molecule has 0 spiro atoms. The molecule has 22 heavy (non-hydrogen) atoms. The topological polar surface area (TPSA) is 56.8 Å². The van der Waals surface area contributed by atoms with Gasteiger partial charge in [0.05, 0.1) is 21.3 Å². The van der Waals surface area contributed by atoms with E-state index in [9.17, 15) is 4.79 Å². The number of carbonyl (C=O) groups is 1. The summed E-state index contributed by atoms with van der Waals surface area (Å²) in [4.78, 5) is 11.9. The van der Waals surface area contributed by atoms with Crippen LogP contribution in [0.3, 0.4) is 0 Å². The minimum absolute atomic E-state index is 0.0479. The molecule has 1 amide bonds. The van der Waals surface area contributed by atoms with E-state index in [1.165, 1.54) is 0 Å². The molecule has 1 rings (SSSR count). The lowest BCUT2D eigenvalue weighted by molar-refractivity contribution is -0.117. The molecule has 0 bridgehead atoms. The quantitative estimate of drug-likeness (QED) is 0.750. The fourth-order valence-electron chi connectivity index (χ4n) is 2.16. The van der Waals surface area contributed by atoms with Gasteiger partial charge in [-0.3, -0.25) is 4.79 Å². The van der Waals surface area contributed by atoms with Gasteiger partial charge in [0, 0.05) is 29.8 Å². The Bertz CT molecular complexity index is 512. The average molecular weight is 307 g/mol. The summed E-state index contributed by atoms with van der Waals surface area (Å²) in [5, 5.41) is 2.90. The number of methoxy groups -OCH3 is 3. The van der Waals surface area contributed by atoms with E-state index in [4.69, 9.17) is 14.2 Å². The summed E-state index contributed by atoms with van der Waals surface area (Å²) in [5.74, 6) is 1.99. The molecule has 0 saturated carbocycles. The number of rotatable bonds is 8. The van der Waals surface area contributed by atoms with Gasteiger partial charge < -0.3 is 19.5 Å². The van der Waals surface area contributed by atoms with Crippen molar-refractivity contribution in [2.45, 2.75) is 26.7 Å². The summed E-state index contributed by atoms with van der Waals surface area (Å²) >= 11 is 0. The number of allylic oxidation sites excluding steroid dienone is 1. The Morgan fingerprint density at radius 3 is 2.18 bits per heavy atom. The van der Waals surface area contributed by atoms with Gasteiger partial charge in [-0.15, -0.1) is 0 Å². The van der Waals surface area contributed by atoms with Gasteiger partial charge in [-0.1, -0.05) is 13.0 Å². The van der Waals surface area contributed by atoms with Crippen molar-refractivity contribution in [3.63, 3.8) is 0 Å². The van der Waals surface area contributed by atoms with Crippen LogP contribution in [0.1, 0.15) is 25.8 Å². The first-order valence-electron chi connectivity index (χ1n) is 7.31. The lowest BCUT2D eigenvalue weighted by Crippen LogP contribution is -2.26. The van der Waals surface area contributed by atoms with Crippen LogP contribution in [-0.2, 0) is 11.2 Å². The monoisotopic (exact) mass is 307 g/mol. The van der Waals surface area contributed by atoms with Crippen molar-refractivity contribution in [2.24, 2.45) is 0 Å². The van der Waals surface area contributed by atoms with E-state index < -0.39 is 0 Å².